The van der Waals surface area contributed by atoms with Gasteiger partial charge in [-0.1, -0.05) is 82.4 Å². The van der Waals surface area contributed by atoms with Crippen LogP contribution in [0, 0.1) is 5.92 Å². The molecule has 0 fully saturated rings. The highest BCUT2D eigenvalue weighted by Crippen LogP contribution is 2.86. The molecule has 0 saturated heterocycles. The van der Waals surface area contributed by atoms with Gasteiger partial charge in [0.1, 0.15) is 23.2 Å². The van der Waals surface area contributed by atoms with Gasteiger partial charge in [-0.15, -0.1) is 0 Å². The summed E-state index contributed by atoms with van der Waals surface area (Å²) >= 11 is 0. The number of nitrogens with zero attached hydrogens (tertiary/aromatic N) is 2. The van der Waals surface area contributed by atoms with Gasteiger partial charge in [-0.3, -0.25) is 0 Å². The highest BCUT2D eigenvalue weighted by Gasteiger charge is 2.60. The van der Waals surface area contributed by atoms with E-state index in [-0.39, 0.29) is 17.1 Å². The second-order valence-corrected chi connectivity index (χ2v) is 15.3. The van der Waals surface area contributed by atoms with Crippen LogP contribution in [0.3, 0.4) is 0 Å². The molecule has 5 nitrogen and oxygen atoms in total. The van der Waals surface area contributed by atoms with Crippen LogP contribution < -0.4 is 17.2 Å². The fraction of sp³-hybridized carbons (Fsp3) is 0.444. The lowest BCUT2D eigenvalue weighted by atomic mass is 9.92. The van der Waals surface area contributed by atoms with E-state index in [1.807, 2.05) is 13.8 Å². The van der Waals surface area contributed by atoms with Gasteiger partial charge in [0.15, 0.2) is 5.96 Å². The second kappa shape index (κ2) is 19.1. The fourth-order valence-electron chi connectivity index (χ4n) is 5.50. The molecule has 2 unspecified atom stereocenters. The molecule has 0 bridgehead atoms. The SMILES string of the molecule is CC.C\C=C/C=C(\C=C/C)[P+](C1=CC=CC(C)C=C1)(C(/C=C\C)=C/C=C\CC)C(C)(C)CC(C)(C)N=C(N)N=C(N)N. The molecule has 0 spiro atoms. The summed E-state index contributed by atoms with van der Waals surface area (Å²) < 4.78 is 0. The molecule has 0 heterocycles. The van der Waals surface area contributed by atoms with E-state index < -0.39 is 12.8 Å². The first-order valence-corrected chi connectivity index (χ1v) is 17.0. The minimum atomic E-state index is -2.35. The van der Waals surface area contributed by atoms with E-state index in [0.717, 1.165) is 12.8 Å². The third kappa shape index (κ3) is 11.2. The van der Waals surface area contributed by atoms with Gasteiger partial charge in [-0.25, -0.2) is 4.99 Å². The average Bonchev–Trinajstić information content (AvgIpc) is 3.11. The lowest BCUT2D eigenvalue weighted by Gasteiger charge is -2.44. The van der Waals surface area contributed by atoms with Crippen molar-refractivity contribution in [2.75, 3.05) is 0 Å². The topological polar surface area (TPSA) is 103 Å². The highest BCUT2D eigenvalue weighted by atomic mass is 31.2. The number of aliphatic imine (C=N–C) groups is 2. The van der Waals surface area contributed by atoms with E-state index in [1.165, 1.54) is 15.9 Å². The van der Waals surface area contributed by atoms with E-state index in [9.17, 15) is 0 Å². The fourth-order valence-corrected chi connectivity index (χ4v) is 11.1. The lowest BCUT2D eigenvalue weighted by molar-refractivity contribution is 0.421. The van der Waals surface area contributed by atoms with E-state index in [0.29, 0.717) is 5.92 Å². The molecule has 0 aromatic carbocycles. The minimum Gasteiger partial charge on any atom is -0.370 e. The summed E-state index contributed by atoms with van der Waals surface area (Å²) in [5.74, 6) is 0.333. The molecule has 1 aliphatic rings. The van der Waals surface area contributed by atoms with Gasteiger partial charge in [0.05, 0.1) is 10.7 Å². The number of guanidine groups is 2. The summed E-state index contributed by atoms with van der Waals surface area (Å²) in [6.07, 6.45) is 35.2. The van der Waals surface area contributed by atoms with E-state index >= 15 is 0 Å². The summed E-state index contributed by atoms with van der Waals surface area (Å²) in [5, 5.41) is 3.64. The number of allylic oxidation sites excluding steroid dienone is 18. The van der Waals surface area contributed by atoms with Gasteiger partial charge >= 0.3 is 0 Å². The molecule has 0 aromatic rings. The predicted molar refractivity (Wildman–Crippen MR) is 194 cm³/mol. The standard InChI is InChI=1S/C34H53N5P.C2H6/c1-10-14-16-22-29(19-13-4)40(28(18-12-3)21-15-11-2,30-23-17-20-27(5)24-25-30)34(8,9)26-33(6,7)39-32(37)38-31(35)36;1-2/h11-25,27H,10,26H2,1-9H3,(H6,35,36,37,38,39);1-2H3/q+1;/b15-11-,16-14-,18-12-,19-13-,28-21+,29-22+;. The normalized spacial score (nSPS) is 18.8. The summed E-state index contributed by atoms with van der Waals surface area (Å²) in [6, 6.07) is 0. The number of hydrogen-bond acceptors (Lipinski definition) is 1. The van der Waals surface area contributed by atoms with Crippen molar-refractivity contribution >= 4 is 19.2 Å². The highest BCUT2D eigenvalue weighted by molar-refractivity contribution is 7.89. The Labute approximate surface area is 258 Å². The number of nitrogens with two attached hydrogens (primary N) is 3. The van der Waals surface area contributed by atoms with Crippen LogP contribution >= 0.6 is 7.26 Å². The first-order valence-electron chi connectivity index (χ1n) is 15.2. The molecule has 0 aromatic heterocycles. The Bertz CT molecular complexity index is 1180. The van der Waals surface area contributed by atoms with E-state index in [1.54, 1.807) is 0 Å². The molecule has 232 valence electrons. The molecular weight excluding hydrogens is 533 g/mol. The van der Waals surface area contributed by atoms with Crippen LogP contribution in [-0.2, 0) is 0 Å². The number of rotatable bonds is 12. The summed E-state index contributed by atoms with van der Waals surface area (Å²) in [7, 11) is -2.35. The van der Waals surface area contributed by atoms with Crippen molar-refractivity contribution in [1.29, 1.82) is 0 Å². The molecular formula is C36H59N5P+. The largest absolute Gasteiger partial charge is 0.370 e. The zero-order valence-corrected chi connectivity index (χ0v) is 29.1. The average molecular weight is 593 g/mol. The van der Waals surface area contributed by atoms with Crippen LogP contribution in [0.15, 0.2) is 117 Å². The molecule has 1 aliphatic carbocycles. The second-order valence-electron chi connectivity index (χ2n) is 11.2. The van der Waals surface area contributed by atoms with Crippen molar-refractivity contribution < 1.29 is 0 Å². The Morgan fingerprint density at radius 3 is 1.98 bits per heavy atom. The van der Waals surface area contributed by atoms with Crippen molar-refractivity contribution in [2.24, 2.45) is 33.1 Å². The van der Waals surface area contributed by atoms with Crippen LogP contribution in [-0.4, -0.2) is 22.6 Å². The van der Waals surface area contributed by atoms with Crippen molar-refractivity contribution in [2.45, 2.75) is 99.7 Å². The molecule has 0 saturated carbocycles. The zero-order chi connectivity index (χ0) is 32.4. The molecule has 6 N–H and O–H groups in total. The first kappa shape index (κ1) is 38.8. The molecule has 6 heteroatoms. The lowest BCUT2D eigenvalue weighted by Crippen LogP contribution is -2.37. The van der Waals surface area contributed by atoms with E-state index in [2.05, 4.69) is 158 Å². The third-order valence-electron chi connectivity index (χ3n) is 6.62. The molecule has 0 amide bonds. The minimum absolute atomic E-state index is 0.0864. The maximum Gasteiger partial charge on any atom is 0.219 e. The van der Waals surface area contributed by atoms with Gasteiger partial charge in [-0.05, 0) is 97.3 Å². The Balaban J connectivity index is 0.00000821. The first-order chi connectivity index (χ1) is 19.8. The molecule has 0 radical (unpaired) electrons. The Kier molecular flexibility index (Phi) is 17.7. The van der Waals surface area contributed by atoms with Crippen molar-refractivity contribution in [1.82, 2.24) is 0 Å². The molecule has 2 atom stereocenters. The maximum absolute atomic E-state index is 6.15. The van der Waals surface area contributed by atoms with Crippen LogP contribution in [0.25, 0.3) is 0 Å². The monoisotopic (exact) mass is 592 g/mol. The molecule has 42 heavy (non-hydrogen) atoms. The molecule has 0 aliphatic heterocycles. The quantitative estimate of drug-likeness (QED) is 0.0909. The Hall–Kier alpha value is -3.17. The molecule has 1 rings (SSSR count). The van der Waals surface area contributed by atoms with Gasteiger partial charge in [0, 0.05) is 6.42 Å². The smallest absolute Gasteiger partial charge is 0.219 e. The van der Waals surface area contributed by atoms with Crippen LogP contribution in [0.1, 0.15) is 89.0 Å². The van der Waals surface area contributed by atoms with Crippen molar-refractivity contribution in [3.63, 3.8) is 0 Å². The summed E-state index contributed by atoms with van der Waals surface area (Å²) in [5.41, 5.74) is 16.8. The van der Waals surface area contributed by atoms with Gasteiger partial charge in [-0.2, -0.15) is 4.99 Å². The van der Waals surface area contributed by atoms with Crippen molar-refractivity contribution in [3.05, 3.63) is 107 Å². The Morgan fingerprint density at radius 2 is 1.48 bits per heavy atom. The van der Waals surface area contributed by atoms with Gasteiger partial charge in [0.25, 0.3) is 0 Å². The number of hydrogen-bond donors (Lipinski definition) is 3. The van der Waals surface area contributed by atoms with Gasteiger partial charge in [0.2, 0.25) is 5.96 Å². The predicted octanol–water partition coefficient (Wildman–Crippen LogP) is 9.67. The third-order valence-corrected chi connectivity index (χ3v) is 11.8. The summed E-state index contributed by atoms with van der Waals surface area (Å²) in [6.45, 7) is 23.5. The van der Waals surface area contributed by atoms with E-state index in [4.69, 9.17) is 22.2 Å². The summed E-state index contributed by atoms with van der Waals surface area (Å²) in [4.78, 5) is 8.78. The van der Waals surface area contributed by atoms with Crippen LogP contribution in [0.4, 0.5) is 0 Å². The zero-order valence-electron chi connectivity index (χ0n) is 28.2. The van der Waals surface area contributed by atoms with Crippen LogP contribution in [0.2, 0.25) is 0 Å². The van der Waals surface area contributed by atoms with Crippen LogP contribution in [0.5, 0.6) is 0 Å². The maximum atomic E-state index is 6.15. The van der Waals surface area contributed by atoms with Crippen molar-refractivity contribution in [3.8, 4) is 0 Å². The van der Waals surface area contributed by atoms with Gasteiger partial charge < -0.3 is 17.2 Å². The Morgan fingerprint density at radius 1 is 0.905 bits per heavy atom.